The lowest BCUT2D eigenvalue weighted by molar-refractivity contribution is -0.122. The molecule has 1 atom stereocenters. The van der Waals surface area contributed by atoms with Gasteiger partial charge in [0.2, 0.25) is 5.91 Å². The average Bonchev–Trinajstić information content (AvgIpc) is 3.04. The summed E-state index contributed by atoms with van der Waals surface area (Å²) in [4.78, 5) is 17.0. The topological polar surface area (TPSA) is 54.0 Å². The number of anilines is 1. The van der Waals surface area contributed by atoms with Crippen molar-refractivity contribution in [2.24, 2.45) is 0 Å². The second kappa shape index (κ2) is 5.14. The number of hydrogen-bond acceptors (Lipinski definition) is 4. The van der Waals surface area contributed by atoms with Gasteiger partial charge in [-0.25, -0.2) is 4.98 Å². The van der Waals surface area contributed by atoms with Crippen LogP contribution in [0.25, 0.3) is 10.2 Å². The maximum Gasteiger partial charge on any atom is 0.246 e. The molecule has 3 rings (SSSR count). The SMILES string of the molecule is CCC1(C(=O)Nc2nc3ccc(C)cc3s2)CCCN1. The number of thiazole rings is 1. The average molecular weight is 289 g/mol. The highest BCUT2D eigenvalue weighted by Crippen LogP contribution is 2.29. The summed E-state index contributed by atoms with van der Waals surface area (Å²) in [5.41, 5.74) is 1.75. The fourth-order valence-corrected chi connectivity index (χ4v) is 3.72. The summed E-state index contributed by atoms with van der Waals surface area (Å²) in [5.74, 6) is 0.0493. The first-order valence-corrected chi connectivity index (χ1v) is 7.88. The maximum atomic E-state index is 12.5. The Morgan fingerprint density at radius 1 is 1.55 bits per heavy atom. The molecule has 1 aliphatic rings. The number of amides is 1. The Kier molecular flexibility index (Phi) is 3.48. The number of hydrogen-bond donors (Lipinski definition) is 2. The van der Waals surface area contributed by atoms with Crippen molar-refractivity contribution >= 4 is 32.6 Å². The first kappa shape index (κ1) is 13.5. The van der Waals surface area contributed by atoms with Crippen molar-refractivity contribution in [1.29, 1.82) is 0 Å². The summed E-state index contributed by atoms with van der Waals surface area (Å²) < 4.78 is 1.12. The first-order valence-electron chi connectivity index (χ1n) is 7.07. The first-order chi connectivity index (χ1) is 9.63. The fraction of sp³-hybridized carbons (Fsp3) is 0.467. The normalized spacial score (nSPS) is 22.3. The van der Waals surface area contributed by atoms with E-state index in [4.69, 9.17) is 0 Å². The third-order valence-electron chi connectivity index (χ3n) is 4.05. The van der Waals surface area contributed by atoms with Crippen molar-refractivity contribution in [1.82, 2.24) is 10.3 Å². The van der Waals surface area contributed by atoms with Gasteiger partial charge in [0.25, 0.3) is 0 Å². The molecule has 0 aliphatic carbocycles. The van der Waals surface area contributed by atoms with E-state index < -0.39 is 5.54 Å². The fourth-order valence-electron chi connectivity index (χ4n) is 2.76. The summed E-state index contributed by atoms with van der Waals surface area (Å²) in [6.45, 7) is 5.03. The molecule has 1 unspecified atom stereocenters. The molecule has 1 aromatic carbocycles. The van der Waals surface area contributed by atoms with Gasteiger partial charge in [-0.1, -0.05) is 24.3 Å². The molecular formula is C15H19N3OS. The molecule has 20 heavy (non-hydrogen) atoms. The van der Waals surface area contributed by atoms with Crippen molar-refractivity contribution < 1.29 is 4.79 Å². The molecule has 2 heterocycles. The summed E-state index contributed by atoms with van der Waals surface area (Å²) in [5, 5.41) is 7.03. The summed E-state index contributed by atoms with van der Waals surface area (Å²) >= 11 is 1.54. The monoisotopic (exact) mass is 289 g/mol. The Balaban J connectivity index is 1.83. The maximum absolute atomic E-state index is 12.5. The molecule has 1 aliphatic heterocycles. The van der Waals surface area contributed by atoms with Crippen LogP contribution < -0.4 is 10.6 Å². The predicted octanol–water partition coefficient (Wildman–Crippen LogP) is 3.08. The van der Waals surface area contributed by atoms with Crippen molar-refractivity contribution in [3.8, 4) is 0 Å². The van der Waals surface area contributed by atoms with Gasteiger partial charge >= 0.3 is 0 Å². The second-order valence-corrected chi connectivity index (χ2v) is 6.44. The van der Waals surface area contributed by atoms with Crippen molar-refractivity contribution in [3.05, 3.63) is 23.8 Å². The van der Waals surface area contributed by atoms with Crippen molar-refractivity contribution in [3.63, 3.8) is 0 Å². The van der Waals surface area contributed by atoms with Crippen LogP contribution in [0.3, 0.4) is 0 Å². The molecule has 2 N–H and O–H groups in total. The number of benzene rings is 1. The Bertz CT molecular complexity index is 644. The smallest absolute Gasteiger partial charge is 0.246 e. The van der Waals surface area contributed by atoms with Gasteiger partial charge in [0, 0.05) is 0 Å². The molecule has 0 bridgehead atoms. The molecule has 1 amide bonds. The third-order valence-corrected chi connectivity index (χ3v) is 4.98. The van der Waals surface area contributed by atoms with Crippen LogP contribution in [0.5, 0.6) is 0 Å². The van der Waals surface area contributed by atoms with Crippen LogP contribution in [0, 0.1) is 6.92 Å². The number of aromatic nitrogens is 1. The molecular weight excluding hydrogens is 270 g/mol. The van der Waals surface area contributed by atoms with Gasteiger partial charge in [0.05, 0.1) is 15.8 Å². The minimum atomic E-state index is -0.409. The number of carbonyl (C=O) groups is 1. The highest BCUT2D eigenvalue weighted by atomic mass is 32.1. The largest absolute Gasteiger partial charge is 0.303 e. The van der Waals surface area contributed by atoms with Crippen LogP contribution in [0.4, 0.5) is 5.13 Å². The van der Waals surface area contributed by atoms with Crippen LogP contribution in [0.1, 0.15) is 31.7 Å². The zero-order valence-corrected chi connectivity index (χ0v) is 12.6. The van der Waals surface area contributed by atoms with Gasteiger partial charge in [-0.05, 0) is 50.4 Å². The summed E-state index contributed by atoms with van der Waals surface area (Å²) in [6, 6.07) is 6.14. The molecule has 1 fully saturated rings. The quantitative estimate of drug-likeness (QED) is 0.913. The lowest BCUT2D eigenvalue weighted by Gasteiger charge is -2.25. The molecule has 106 valence electrons. The Labute approximate surface area is 122 Å². The molecule has 0 radical (unpaired) electrons. The minimum absolute atomic E-state index is 0.0493. The van der Waals surface area contributed by atoms with Gasteiger partial charge in [0.1, 0.15) is 0 Å². The summed E-state index contributed by atoms with van der Waals surface area (Å²) in [6.07, 6.45) is 2.77. The zero-order valence-electron chi connectivity index (χ0n) is 11.8. The minimum Gasteiger partial charge on any atom is -0.303 e. The lowest BCUT2D eigenvalue weighted by Crippen LogP contribution is -2.50. The number of nitrogens with one attached hydrogen (secondary N) is 2. The summed E-state index contributed by atoms with van der Waals surface area (Å²) in [7, 11) is 0. The van der Waals surface area contributed by atoms with Gasteiger partial charge in [-0.15, -0.1) is 0 Å². The number of nitrogens with zero attached hydrogens (tertiary/aromatic N) is 1. The van der Waals surface area contributed by atoms with Crippen LogP contribution >= 0.6 is 11.3 Å². The molecule has 1 saturated heterocycles. The van der Waals surface area contributed by atoms with E-state index in [2.05, 4.69) is 35.5 Å². The van der Waals surface area contributed by atoms with E-state index >= 15 is 0 Å². The van der Waals surface area contributed by atoms with E-state index in [-0.39, 0.29) is 5.91 Å². The molecule has 0 saturated carbocycles. The molecule has 4 nitrogen and oxygen atoms in total. The van der Waals surface area contributed by atoms with Gasteiger partial charge in [0.15, 0.2) is 5.13 Å². The molecule has 5 heteroatoms. The zero-order chi connectivity index (χ0) is 14.2. The van der Waals surface area contributed by atoms with Crippen LogP contribution in [0.2, 0.25) is 0 Å². The Hall–Kier alpha value is -1.46. The Morgan fingerprint density at radius 2 is 2.40 bits per heavy atom. The van der Waals surface area contributed by atoms with E-state index in [0.717, 1.165) is 36.0 Å². The van der Waals surface area contributed by atoms with Crippen LogP contribution in [-0.4, -0.2) is 23.0 Å². The van der Waals surface area contributed by atoms with E-state index in [9.17, 15) is 4.79 Å². The van der Waals surface area contributed by atoms with Crippen LogP contribution in [0.15, 0.2) is 18.2 Å². The predicted molar refractivity (Wildman–Crippen MR) is 83.2 cm³/mol. The highest BCUT2D eigenvalue weighted by molar-refractivity contribution is 7.22. The number of aryl methyl sites for hydroxylation is 1. The standard InChI is InChI=1S/C15H19N3OS/c1-3-15(7-4-8-16-15)13(19)18-14-17-11-6-5-10(2)9-12(11)20-14/h5-6,9,16H,3-4,7-8H2,1-2H3,(H,17,18,19). The van der Waals surface area contributed by atoms with E-state index in [1.54, 1.807) is 0 Å². The highest BCUT2D eigenvalue weighted by Gasteiger charge is 2.39. The number of carbonyl (C=O) groups excluding carboxylic acids is 1. The van der Waals surface area contributed by atoms with E-state index in [1.807, 2.05) is 12.1 Å². The third kappa shape index (κ3) is 2.31. The molecule has 1 aromatic heterocycles. The number of rotatable bonds is 3. The van der Waals surface area contributed by atoms with Gasteiger partial charge in [-0.3, -0.25) is 4.79 Å². The van der Waals surface area contributed by atoms with Gasteiger partial charge < -0.3 is 10.6 Å². The van der Waals surface area contributed by atoms with E-state index in [1.165, 1.54) is 16.9 Å². The molecule has 0 spiro atoms. The van der Waals surface area contributed by atoms with E-state index in [0.29, 0.717) is 5.13 Å². The molecule has 2 aromatic rings. The van der Waals surface area contributed by atoms with Crippen molar-refractivity contribution in [2.75, 3.05) is 11.9 Å². The Morgan fingerprint density at radius 3 is 3.10 bits per heavy atom. The van der Waals surface area contributed by atoms with Crippen molar-refractivity contribution in [2.45, 2.75) is 38.6 Å². The lowest BCUT2D eigenvalue weighted by atomic mass is 9.93. The van der Waals surface area contributed by atoms with Gasteiger partial charge in [-0.2, -0.15) is 0 Å². The second-order valence-electron chi connectivity index (χ2n) is 5.41. The van der Waals surface area contributed by atoms with Crippen LogP contribution in [-0.2, 0) is 4.79 Å². The number of fused-ring (bicyclic) bond motifs is 1.